The molecule has 4 aromatic heterocycles. The lowest BCUT2D eigenvalue weighted by molar-refractivity contribution is -0.135. The molecule has 6 aromatic rings. The second-order valence-electron chi connectivity index (χ2n) is 14.7. The minimum absolute atomic E-state index is 0.0830. The number of unbranched alkanes of at least 4 members (excludes halogenated alkanes) is 1. The van der Waals surface area contributed by atoms with Crippen LogP contribution in [0.5, 0.6) is 0 Å². The van der Waals surface area contributed by atoms with E-state index in [4.69, 9.17) is 10.1 Å². The largest absolute Gasteiger partial charge is 0.354 e. The predicted octanol–water partition coefficient (Wildman–Crippen LogP) is 6.35. The third-order valence-corrected chi connectivity index (χ3v) is 11.4. The zero-order valence-electron chi connectivity index (χ0n) is 30.3. The summed E-state index contributed by atoms with van der Waals surface area (Å²) in [5.74, 6) is 1.19. The van der Waals surface area contributed by atoms with Crippen molar-refractivity contribution in [3.63, 3.8) is 0 Å². The summed E-state index contributed by atoms with van der Waals surface area (Å²) in [7, 11) is 0. The molecular weight excluding hydrogens is 682 g/mol. The van der Waals surface area contributed by atoms with Gasteiger partial charge in [0.2, 0.25) is 11.8 Å². The minimum atomic E-state index is -0.341. The number of hydrogen-bond acceptors (Lipinski definition) is 8. The first-order valence-electron chi connectivity index (χ1n) is 19.2. The highest BCUT2D eigenvalue weighted by molar-refractivity contribution is 6.00. The molecule has 3 fully saturated rings. The average Bonchev–Trinajstić information content (AvgIpc) is 3.96. The van der Waals surface area contributed by atoms with E-state index in [9.17, 15) is 14.0 Å². The van der Waals surface area contributed by atoms with Crippen LogP contribution in [0.2, 0.25) is 0 Å². The number of halogens is 1. The van der Waals surface area contributed by atoms with Gasteiger partial charge in [0.1, 0.15) is 29.2 Å². The summed E-state index contributed by atoms with van der Waals surface area (Å²) in [6.07, 6.45) is 9.91. The van der Waals surface area contributed by atoms with E-state index in [-0.39, 0.29) is 29.7 Å². The highest BCUT2D eigenvalue weighted by Gasteiger charge is 2.30. The van der Waals surface area contributed by atoms with E-state index in [1.165, 1.54) is 17.0 Å². The van der Waals surface area contributed by atoms with Crippen molar-refractivity contribution in [1.29, 1.82) is 0 Å². The lowest BCUT2D eigenvalue weighted by Crippen LogP contribution is -2.46. The van der Waals surface area contributed by atoms with Crippen molar-refractivity contribution in [3.8, 4) is 11.4 Å². The van der Waals surface area contributed by atoms with E-state index in [1.54, 1.807) is 12.1 Å². The molecule has 0 spiro atoms. The first-order chi connectivity index (χ1) is 26.5. The topological polar surface area (TPSA) is 104 Å². The number of imidazole rings is 1. The summed E-state index contributed by atoms with van der Waals surface area (Å²) < 4.78 is 18.0. The van der Waals surface area contributed by atoms with Crippen molar-refractivity contribution in [2.45, 2.75) is 57.0 Å². The van der Waals surface area contributed by atoms with Gasteiger partial charge in [-0.2, -0.15) is 0 Å². The van der Waals surface area contributed by atoms with Crippen LogP contribution in [0.3, 0.4) is 0 Å². The number of carbonyl (C=O) groups is 2. The molecule has 0 bridgehead atoms. The van der Waals surface area contributed by atoms with Gasteiger partial charge >= 0.3 is 0 Å². The number of carbonyl (C=O) groups excluding carboxylic acids is 2. The maximum absolute atomic E-state index is 14.1. The number of nitrogens with zero attached hydrogens (tertiary/aromatic N) is 8. The van der Waals surface area contributed by atoms with Crippen LogP contribution in [0, 0.1) is 5.82 Å². The van der Waals surface area contributed by atoms with Crippen LogP contribution in [0.4, 0.5) is 16.0 Å². The fourth-order valence-electron chi connectivity index (χ4n) is 8.58. The summed E-state index contributed by atoms with van der Waals surface area (Å²) in [5, 5.41) is 8.71. The molecule has 11 nitrogen and oxygen atoms in total. The summed E-state index contributed by atoms with van der Waals surface area (Å²) in [6, 6.07) is 25.3. The summed E-state index contributed by atoms with van der Waals surface area (Å²) in [6.45, 7) is 5.72. The van der Waals surface area contributed by atoms with E-state index in [0.29, 0.717) is 12.8 Å². The molecule has 0 radical (unpaired) electrons. The van der Waals surface area contributed by atoms with Crippen molar-refractivity contribution in [3.05, 3.63) is 108 Å². The van der Waals surface area contributed by atoms with Gasteiger partial charge in [-0.05, 0) is 105 Å². The maximum Gasteiger partial charge on any atom is 0.249 e. The van der Waals surface area contributed by atoms with Gasteiger partial charge in [-0.1, -0.05) is 30.3 Å². The van der Waals surface area contributed by atoms with Crippen LogP contribution in [-0.4, -0.2) is 80.1 Å². The molecule has 1 unspecified atom stereocenters. The Morgan fingerprint density at radius 3 is 2.57 bits per heavy atom. The fourth-order valence-corrected chi connectivity index (χ4v) is 8.58. The van der Waals surface area contributed by atoms with Crippen LogP contribution in [0.25, 0.3) is 27.9 Å². The Labute approximate surface area is 313 Å². The summed E-state index contributed by atoms with van der Waals surface area (Å²) in [5.41, 5.74) is 5.77. The van der Waals surface area contributed by atoms with Gasteiger partial charge in [0.25, 0.3) is 0 Å². The van der Waals surface area contributed by atoms with Crippen molar-refractivity contribution < 1.29 is 14.0 Å². The van der Waals surface area contributed by atoms with E-state index in [1.807, 2.05) is 45.7 Å². The Hall–Kier alpha value is -5.62. The van der Waals surface area contributed by atoms with Crippen LogP contribution >= 0.6 is 0 Å². The fraction of sp³-hybridized carbons (Fsp3) is 0.357. The number of anilines is 2. The summed E-state index contributed by atoms with van der Waals surface area (Å²) >= 11 is 0. The van der Waals surface area contributed by atoms with Gasteiger partial charge in [-0.3, -0.25) is 19.8 Å². The molecular formula is C42H44FN9O2. The Kier molecular flexibility index (Phi) is 9.28. The SMILES string of the molecule is O=C1CCC(n2ccc3c(CCCCN4CCN(c5cccc(-c6cnc7ccc(N8CCC[C@@H]8c8cccc(F)c8)nn67)n5)CC4)cccc32)C(=O)N1. The minimum Gasteiger partial charge on any atom is -0.354 e. The Bertz CT molecular complexity index is 2330. The van der Waals surface area contributed by atoms with E-state index in [2.05, 4.69) is 61.4 Å². The molecule has 1 N–H and O–H groups in total. The Morgan fingerprint density at radius 2 is 1.70 bits per heavy atom. The van der Waals surface area contributed by atoms with Crippen LogP contribution in [0.15, 0.2) is 91.3 Å². The van der Waals surface area contributed by atoms with Gasteiger partial charge in [-0.25, -0.2) is 18.9 Å². The molecule has 0 saturated carbocycles. The molecule has 3 saturated heterocycles. The number of imide groups is 1. The number of piperazine rings is 1. The molecule has 7 heterocycles. The quantitative estimate of drug-likeness (QED) is 0.129. The molecule has 54 heavy (non-hydrogen) atoms. The number of pyridine rings is 1. The van der Waals surface area contributed by atoms with Gasteiger partial charge in [0.05, 0.1) is 17.9 Å². The van der Waals surface area contributed by atoms with Crippen LogP contribution in [-0.2, 0) is 16.0 Å². The number of piperidine rings is 1. The number of aromatic nitrogens is 5. The van der Waals surface area contributed by atoms with Crippen molar-refractivity contribution in [2.75, 3.05) is 49.1 Å². The molecule has 2 amide bonds. The lowest BCUT2D eigenvalue weighted by atomic mass is 10.0. The van der Waals surface area contributed by atoms with Gasteiger partial charge in [-0.15, -0.1) is 5.10 Å². The van der Waals surface area contributed by atoms with Crippen LogP contribution < -0.4 is 15.1 Å². The van der Waals surface area contributed by atoms with Crippen molar-refractivity contribution >= 4 is 40.0 Å². The highest BCUT2D eigenvalue weighted by atomic mass is 19.1. The molecule has 276 valence electrons. The molecule has 2 atom stereocenters. The zero-order valence-corrected chi connectivity index (χ0v) is 30.3. The summed E-state index contributed by atoms with van der Waals surface area (Å²) in [4.78, 5) is 41.1. The molecule has 9 rings (SSSR count). The normalized spacial score (nSPS) is 19.6. The maximum atomic E-state index is 14.1. The molecule has 12 heteroatoms. The molecule has 3 aliphatic heterocycles. The van der Waals surface area contributed by atoms with Gasteiger partial charge in [0.15, 0.2) is 5.65 Å². The first-order valence-corrected chi connectivity index (χ1v) is 19.2. The van der Waals surface area contributed by atoms with E-state index < -0.39 is 0 Å². The van der Waals surface area contributed by atoms with E-state index in [0.717, 1.165) is 111 Å². The number of hydrogen-bond donors (Lipinski definition) is 1. The molecule has 3 aliphatic rings. The number of fused-ring (bicyclic) bond motifs is 2. The van der Waals surface area contributed by atoms with E-state index >= 15 is 0 Å². The van der Waals surface area contributed by atoms with Crippen molar-refractivity contribution in [2.24, 2.45) is 0 Å². The zero-order chi connectivity index (χ0) is 36.6. The van der Waals surface area contributed by atoms with Gasteiger partial charge in [0, 0.05) is 56.2 Å². The van der Waals surface area contributed by atoms with Crippen LogP contribution in [0.1, 0.15) is 61.7 Å². The predicted molar refractivity (Wildman–Crippen MR) is 207 cm³/mol. The standard InChI is InChI=1S/C42H44FN9O2/c43-31-10-3-9-30(27-31)34-13-6-21-51(34)40-17-16-38-44-28-37(52(38)47-40)33-11-5-14-39(45-33)49-25-23-48(24-26-49)20-2-1-7-29-8-4-12-35-32(29)19-22-50(35)36-15-18-41(53)46-42(36)54/h3-5,8-12,14,16-17,19,22,27-28,34,36H,1-2,6-7,13,15,18,20-21,23-26H2,(H,46,53,54)/t34-,36?/m1/s1. The Balaban J connectivity index is 0.809. The third-order valence-electron chi connectivity index (χ3n) is 11.4. The van der Waals surface area contributed by atoms with Crippen molar-refractivity contribution in [1.82, 2.24) is 34.4 Å². The van der Waals surface area contributed by atoms with Gasteiger partial charge < -0.3 is 14.4 Å². The monoisotopic (exact) mass is 725 g/mol. The lowest BCUT2D eigenvalue weighted by Gasteiger charge is -2.35. The number of rotatable bonds is 10. The second-order valence-corrected chi connectivity index (χ2v) is 14.7. The number of benzene rings is 2. The smallest absolute Gasteiger partial charge is 0.249 e. The third kappa shape index (κ3) is 6.70. The number of amides is 2. The average molecular weight is 726 g/mol. The number of aryl methyl sites for hydroxylation is 1. The Morgan fingerprint density at radius 1 is 0.833 bits per heavy atom. The molecule has 2 aromatic carbocycles. The highest BCUT2D eigenvalue weighted by Crippen LogP contribution is 2.36. The number of nitrogens with one attached hydrogen (secondary N) is 1. The second kappa shape index (κ2) is 14.7. The molecule has 0 aliphatic carbocycles. The first kappa shape index (κ1) is 34.2.